The summed E-state index contributed by atoms with van der Waals surface area (Å²) in [4.78, 5) is 38.1. The number of rotatable bonds is 10. The van der Waals surface area contributed by atoms with E-state index in [0.29, 0.717) is 36.2 Å². The molecule has 2 N–H and O–H groups in total. The number of esters is 1. The van der Waals surface area contributed by atoms with Crippen molar-refractivity contribution in [3.05, 3.63) is 54.4 Å². The Labute approximate surface area is 196 Å². The van der Waals surface area contributed by atoms with Gasteiger partial charge in [-0.2, -0.15) is 15.1 Å². The number of carbonyl (C=O) groups excluding carboxylic acids is 2. The molecule has 0 spiro atoms. The molecule has 3 heterocycles. The van der Waals surface area contributed by atoms with Gasteiger partial charge in [-0.15, -0.1) is 0 Å². The van der Waals surface area contributed by atoms with E-state index in [-0.39, 0.29) is 31.2 Å². The zero-order chi connectivity index (χ0) is 23.9. The van der Waals surface area contributed by atoms with Gasteiger partial charge in [0.05, 0.1) is 13.0 Å². The summed E-state index contributed by atoms with van der Waals surface area (Å²) in [5, 5.41) is 10.3. The van der Waals surface area contributed by atoms with Crippen LogP contribution in [0.15, 0.2) is 48.8 Å². The fourth-order valence-electron chi connectivity index (χ4n) is 3.43. The highest BCUT2D eigenvalue weighted by Gasteiger charge is 2.20. The predicted molar refractivity (Wildman–Crippen MR) is 126 cm³/mol. The fraction of sp³-hybridized carbons (Fsp3) is 0.304. The first kappa shape index (κ1) is 22.9. The highest BCUT2D eigenvalue weighted by molar-refractivity contribution is 5.98. The minimum Gasteiger partial charge on any atom is -0.466 e. The highest BCUT2D eigenvalue weighted by atomic mass is 16.5. The van der Waals surface area contributed by atoms with Crippen molar-refractivity contribution in [2.75, 3.05) is 17.2 Å². The van der Waals surface area contributed by atoms with Crippen LogP contribution >= 0.6 is 0 Å². The van der Waals surface area contributed by atoms with Crippen LogP contribution in [0.4, 0.5) is 11.8 Å². The van der Waals surface area contributed by atoms with E-state index in [0.717, 1.165) is 5.56 Å². The number of aromatic nitrogens is 6. The van der Waals surface area contributed by atoms with E-state index >= 15 is 0 Å². The maximum absolute atomic E-state index is 12.6. The number of hydrogen-bond acceptors (Lipinski definition) is 8. The zero-order valence-corrected chi connectivity index (χ0v) is 19.1. The van der Waals surface area contributed by atoms with Crippen molar-refractivity contribution >= 4 is 34.8 Å². The minimum atomic E-state index is -0.424. The molecule has 11 nitrogen and oxygen atoms in total. The Hall–Kier alpha value is -4.28. The number of hydrogen-bond donors (Lipinski definition) is 2. The second kappa shape index (κ2) is 10.6. The first-order valence-electron chi connectivity index (χ1n) is 11.1. The summed E-state index contributed by atoms with van der Waals surface area (Å²) in [6, 6.07) is 11.7. The molecule has 176 valence electrons. The van der Waals surface area contributed by atoms with Crippen LogP contribution in [0.25, 0.3) is 17.1 Å². The number of anilines is 2. The van der Waals surface area contributed by atoms with Crippen LogP contribution in [0.1, 0.15) is 32.3 Å². The third kappa shape index (κ3) is 5.20. The number of benzene rings is 1. The number of aryl methyl sites for hydroxylation is 1. The van der Waals surface area contributed by atoms with Crippen molar-refractivity contribution in [2.45, 2.75) is 39.8 Å². The zero-order valence-electron chi connectivity index (χ0n) is 19.1. The Bertz CT molecular complexity index is 1270. The lowest BCUT2D eigenvalue weighted by atomic mass is 10.2. The van der Waals surface area contributed by atoms with Crippen LogP contribution < -0.4 is 10.6 Å². The average Bonchev–Trinajstić information content (AvgIpc) is 3.50. The van der Waals surface area contributed by atoms with E-state index in [1.54, 1.807) is 30.1 Å². The summed E-state index contributed by atoms with van der Waals surface area (Å²) < 4.78 is 8.43. The third-order valence-electron chi connectivity index (χ3n) is 5.01. The van der Waals surface area contributed by atoms with Crippen LogP contribution in [0.2, 0.25) is 0 Å². The standard InChI is InChI=1S/C23H26N8O3/c1-3-30-21-19(27-23(30)31-14-8-13-25-31)20(26-17(32)11-12-18(33)34-4-2)28-22(29-21)24-15-16-9-6-5-7-10-16/h5-10,13-14H,3-4,11-12,15H2,1-2H3,(H2,24,26,28,29,32). The van der Waals surface area contributed by atoms with Crippen molar-refractivity contribution in [1.82, 2.24) is 29.3 Å². The lowest BCUT2D eigenvalue weighted by Crippen LogP contribution is -2.16. The molecule has 0 saturated carbocycles. The molecule has 0 saturated heterocycles. The van der Waals surface area contributed by atoms with Gasteiger partial charge in [0.15, 0.2) is 17.0 Å². The highest BCUT2D eigenvalue weighted by Crippen LogP contribution is 2.25. The average molecular weight is 463 g/mol. The molecule has 4 rings (SSSR count). The second-order valence-corrected chi connectivity index (χ2v) is 7.37. The molecule has 4 aromatic rings. The molecule has 0 bridgehead atoms. The normalized spacial score (nSPS) is 10.9. The van der Waals surface area contributed by atoms with Gasteiger partial charge in [0.25, 0.3) is 0 Å². The van der Waals surface area contributed by atoms with Gasteiger partial charge in [0, 0.05) is 31.9 Å². The quantitative estimate of drug-likeness (QED) is 0.344. The van der Waals surface area contributed by atoms with Crippen molar-refractivity contribution in [2.24, 2.45) is 0 Å². The molecular formula is C23H26N8O3. The Kier molecular flexibility index (Phi) is 7.11. The predicted octanol–water partition coefficient (Wildman–Crippen LogP) is 2.93. The van der Waals surface area contributed by atoms with E-state index in [1.165, 1.54) is 0 Å². The SMILES string of the molecule is CCOC(=O)CCC(=O)Nc1nc(NCc2ccccc2)nc2c1nc(-n1cccn1)n2CC. The van der Waals surface area contributed by atoms with Gasteiger partial charge in [-0.1, -0.05) is 30.3 Å². The molecule has 0 fully saturated rings. The van der Waals surface area contributed by atoms with Gasteiger partial charge < -0.3 is 15.4 Å². The molecule has 0 atom stereocenters. The Balaban J connectivity index is 1.67. The van der Waals surface area contributed by atoms with Crippen molar-refractivity contribution in [1.29, 1.82) is 0 Å². The molecule has 0 unspecified atom stereocenters. The number of nitrogens with zero attached hydrogens (tertiary/aromatic N) is 6. The summed E-state index contributed by atoms with van der Waals surface area (Å²) in [5.74, 6) is 0.369. The summed E-state index contributed by atoms with van der Waals surface area (Å²) in [6.45, 7) is 5.06. The first-order chi connectivity index (χ1) is 16.6. The number of amides is 1. The number of nitrogens with one attached hydrogen (secondary N) is 2. The number of fused-ring (bicyclic) bond motifs is 1. The number of carbonyl (C=O) groups is 2. The van der Waals surface area contributed by atoms with E-state index in [4.69, 9.17) is 4.74 Å². The number of ether oxygens (including phenoxy) is 1. The Morgan fingerprint density at radius 3 is 2.56 bits per heavy atom. The molecule has 0 aliphatic rings. The molecular weight excluding hydrogens is 436 g/mol. The molecule has 0 aliphatic heterocycles. The smallest absolute Gasteiger partial charge is 0.306 e. The van der Waals surface area contributed by atoms with Crippen LogP contribution in [-0.2, 0) is 27.4 Å². The second-order valence-electron chi connectivity index (χ2n) is 7.37. The fourth-order valence-corrected chi connectivity index (χ4v) is 3.43. The largest absolute Gasteiger partial charge is 0.466 e. The first-order valence-corrected chi connectivity index (χ1v) is 11.1. The molecule has 0 aliphatic carbocycles. The van der Waals surface area contributed by atoms with Gasteiger partial charge in [-0.3, -0.25) is 14.2 Å². The van der Waals surface area contributed by atoms with Crippen LogP contribution in [0.3, 0.4) is 0 Å². The summed E-state index contributed by atoms with van der Waals surface area (Å²) >= 11 is 0. The Morgan fingerprint density at radius 2 is 1.85 bits per heavy atom. The summed E-state index contributed by atoms with van der Waals surface area (Å²) in [7, 11) is 0. The van der Waals surface area contributed by atoms with Gasteiger partial charge in [-0.05, 0) is 25.5 Å². The topological polar surface area (TPSA) is 129 Å². The molecule has 3 aromatic heterocycles. The van der Waals surface area contributed by atoms with Crippen LogP contribution in [0, 0.1) is 0 Å². The monoisotopic (exact) mass is 462 g/mol. The van der Waals surface area contributed by atoms with Gasteiger partial charge in [0.1, 0.15) is 0 Å². The van der Waals surface area contributed by atoms with E-state index in [1.807, 2.05) is 41.8 Å². The summed E-state index contributed by atoms with van der Waals surface area (Å²) in [6.07, 6.45) is 3.40. The summed E-state index contributed by atoms with van der Waals surface area (Å²) in [5.41, 5.74) is 2.05. The van der Waals surface area contributed by atoms with Crippen LogP contribution in [0.5, 0.6) is 0 Å². The minimum absolute atomic E-state index is 0.0189. The lowest BCUT2D eigenvalue weighted by Gasteiger charge is -2.10. The molecule has 11 heteroatoms. The maximum Gasteiger partial charge on any atom is 0.306 e. The molecule has 0 radical (unpaired) electrons. The van der Waals surface area contributed by atoms with Gasteiger partial charge >= 0.3 is 5.97 Å². The van der Waals surface area contributed by atoms with Crippen LogP contribution in [-0.4, -0.2) is 47.8 Å². The van der Waals surface area contributed by atoms with E-state index < -0.39 is 5.97 Å². The van der Waals surface area contributed by atoms with Crippen molar-refractivity contribution in [3.63, 3.8) is 0 Å². The third-order valence-corrected chi connectivity index (χ3v) is 5.01. The molecule has 1 amide bonds. The molecule has 34 heavy (non-hydrogen) atoms. The Morgan fingerprint density at radius 1 is 1.03 bits per heavy atom. The molecule has 1 aromatic carbocycles. The van der Waals surface area contributed by atoms with E-state index in [9.17, 15) is 9.59 Å². The van der Waals surface area contributed by atoms with Gasteiger partial charge in [0.2, 0.25) is 17.8 Å². The van der Waals surface area contributed by atoms with Crippen molar-refractivity contribution < 1.29 is 14.3 Å². The maximum atomic E-state index is 12.6. The van der Waals surface area contributed by atoms with Crippen molar-refractivity contribution in [3.8, 4) is 5.95 Å². The van der Waals surface area contributed by atoms with Gasteiger partial charge in [-0.25, -0.2) is 9.67 Å². The number of imidazole rings is 1. The lowest BCUT2D eigenvalue weighted by molar-refractivity contribution is -0.144. The van der Waals surface area contributed by atoms with E-state index in [2.05, 4.69) is 30.7 Å².